The summed E-state index contributed by atoms with van der Waals surface area (Å²) in [6.07, 6.45) is 5.93. The Morgan fingerprint density at radius 2 is 2.07 bits per heavy atom. The first-order chi connectivity index (χ1) is 14.5. The Morgan fingerprint density at radius 3 is 2.73 bits per heavy atom. The van der Waals surface area contributed by atoms with E-state index in [1.165, 1.54) is 26.2 Å². The first kappa shape index (κ1) is 20.3. The molecule has 0 unspecified atom stereocenters. The molecule has 0 bridgehead atoms. The summed E-state index contributed by atoms with van der Waals surface area (Å²) in [4.78, 5) is 16.6. The van der Waals surface area contributed by atoms with E-state index in [0.29, 0.717) is 23.4 Å². The number of pyridine rings is 1. The van der Waals surface area contributed by atoms with Crippen LogP contribution in [-0.4, -0.2) is 39.5 Å². The maximum absolute atomic E-state index is 13.4. The average Bonchev–Trinajstić information content (AvgIpc) is 3.18. The molecule has 0 radical (unpaired) electrons. The van der Waals surface area contributed by atoms with Crippen LogP contribution in [0.3, 0.4) is 0 Å². The lowest BCUT2D eigenvalue weighted by Gasteiger charge is -2.27. The molecule has 30 heavy (non-hydrogen) atoms. The van der Waals surface area contributed by atoms with Crippen LogP contribution in [0.5, 0.6) is 5.75 Å². The minimum atomic E-state index is -0.453. The Balaban J connectivity index is 1.59. The van der Waals surface area contributed by atoms with Crippen LogP contribution in [0.1, 0.15) is 47.9 Å². The number of hydrogen-bond donors (Lipinski definition) is 2. The van der Waals surface area contributed by atoms with E-state index in [-0.39, 0.29) is 18.0 Å². The average molecular weight is 412 g/mol. The highest BCUT2D eigenvalue weighted by molar-refractivity contribution is 6.05. The number of halogens is 1. The lowest BCUT2D eigenvalue weighted by molar-refractivity contribution is 0.102. The monoisotopic (exact) mass is 412 g/mol. The lowest BCUT2D eigenvalue weighted by Crippen LogP contribution is -2.20. The minimum absolute atomic E-state index is 0.132. The van der Waals surface area contributed by atoms with Crippen molar-refractivity contribution in [2.75, 3.05) is 19.0 Å². The standard InChI is InChI=1S/C22H25FN4O3/c1-13-17(23)7-8-18(24-13)22(29)25-20-9-15-11-27(26-19(15)10-21(20)30-2)16-5-3-14(12-28)4-6-16/h7-11,14,16,28H,3-6,12H2,1-2H3,(H,25,29). The summed E-state index contributed by atoms with van der Waals surface area (Å²) in [5.74, 6) is -0.0165. The molecule has 0 saturated heterocycles. The van der Waals surface area contributed by atoms with E-state index < -0.39 is 11.7 Å². The molecule has 8 heteroatoms. The van der Waals surface area contributed by atoms with Gasteiger partial charge in [0.2, 0.25) is 0 Å². The Hall–Kier alpha value is -3.00. The third-order valence-electron chi connectivity index (χ3n) is 5.79. The van der Waals surface area contributed by atoms with E-state index in [4.69, 9.17) is 9.84 Å². The smallest absolute Gasteiger partial charge is 0.274 e. The van der Waals surface area contributed by atoms with E-state index in [0.717, 1.165) is 36.6 Å². The number of methoxy groups -OCH3 is 1. The number of carbonyl (C=O) groups excluding carboxylic acids is 1. The normalized spacial score (nSPS) is 19.1. The first-order valence-electron chi connectivity index (χ1n) is 10.1. The predicted molar refractivity (Wildman–Crippen MR) is 111 cm³/mol. The highest BCUT2D eigenvalue weighted by atomic mass is 19.1. The Morgan fingerprint density at radius 1 is 1.30 bits per heavy atom. The number of nitrogens with one attached hydrogen (secondary N) is 1. The Labute approximate surface area is 173 Å². The topological polar surface area (TPSA) is 89.3 Å². The Bertz CT molecular complexity index is 1070. The summed E-state index contributed by atoms with van der Waals surface area (Å²) in [5, 5.41) is 17.7. The van der Waals surface area contributed by atoms with Gasteiger partial charge in [0.25, 0.3) is 5.91 Å². The molecular weight excluding hydrogens is 387 g/mol. The number of rotatable bonds is 5. The molecule has 1 aromatic carbocycles. The fraction of sp³-hybridized carbons (Fsp3) is 0.409. The fourth-order valence-electron chi connectivity index (χ4n) is 3.97. The van der Waals surface area contributed by atoms with Crippen molar-refractivity contribution < 1.29 is 19.0 Å². The highest BCUT2D eigenvalue weighted by Crippen LogP contribution is 2.35. The maximum atomic E-state index is 13.4. The second-order valence-electron chi connectivity index (χ2n) is 7.80. The first-order valence-corrected chi connectivity index (χ1v) is 10.1. The van der Waals surface area contributed by atoms with E-state index in [1.54, 1.807) is 6.07 Å². The number of hydrogen-bond acceptors (Lipinski definition) is 5. The number of aliphatic hydroxyl groups excluding tert-OH is 1. The molecule has 4 rings (SSSR count). The summed E-state index contributed by atoms with van der Waals surface area (Å²) >= 11 is 0. The van der Waals surface area contributed by atoms with Crippen molar-refractivity contribution in [2.24, 2.45) is 5.92 Å². The summed E-state index contributed by atoms with van der Waals surface area (Å²) in [6.45, 7) is 1.76. The molecule has 2 aromatic heterocycles. The van der Waals surface area contributed by atoms with Crippen LogP contribution in [0.4, 0.5) is 10.1 Å². The number of aryl methyl sites for hydroxylation is 1. The van der Waals surface area contributed by atoms with Crippen molar-refractivity contribution in [1.82, 2.24) is 14.8 Å². The molecule has 2 N–H and O–H groups in total. The van der Waals surface area contributed by atoms with Crippen molar-refractivity contribution >= 4 is 22.5 Å². The number of carbonyl (C=O) groups is 1. The third kappa shape index (κ3) is 4.00. The van der Waals surface area contributed by atoms with Crippen LogP contribution in [0.2, 0.25) is 0 Å². The lowest BCUT2D eigenvalue weighted by atomic mass is 9.87. The van der Waals surface area contributed by atoms with Gasteiger partial charge in [-0.2, -0.15) is 5.10 Å². The van der Waals surface area contributed by atoms with Gasteiger partial charge in [0, 0.05) is 24.3 Å². The third-order valence-corrected chi connectivity index (χ3v) is 5.79. The molecule has 1 amide bonds. The van der Waals surface area contributed by atoms with E-state index in [9.17, 15) is 14.3 Å². The number of aromatic nitrogens is 3. The zero-order valence-electron chi connectivity index (χ0n) is 17.1. The van der Waals surface area contributed by atoms with Crippen molar-refractivity contribution in [2.45, 2.75) is 38.6 Å². The van der Waals surface area contributed by atoms with Crippen LogP contribution in [-0.2, 0) is 0 Å². The van der Waals surface area contributed by atoms with Gasteiger partial charge in [-0.05, 0) is 56.7 Å². The van der Waals surface area contributed by atoms with E-state index in [1.807, 2.05) is 16.9 Å². The van der Waals surface area contributed by atoms with Crippen LogP contribution in [0.25, 0.3) is 10.9 Å². The maximum Gasteiger partial charge on any atom is 0.274 e. The Kier molecular flexibility index (Phi) is 5.67. The summed E-state index contributed by atoms with van der Waals surface area (Å²) in [7, 11) is 1.53. The molecule has 1 aliphatic carbocycles. The summed E-state index contributed by atoms with van der Waals surface area (Å²) in [5.41, 5.74) is 1.59. The van der Waals surface area contributed by atoms with Crippen LogP contribution < -0.4 is 10.1 Å². The second-order valence-corrected chi connectivity index (χ2v) is 7.80. The van der Waals surface area contributed by atoms with Gasteiger partial charge in [-0.25, -0.2) is 9.37 Å². The molecule has 1 fully saturated rings. The molecule has 3 aromatic rings. The largest absolute Gasteiger partial charge is 0.494 e. The fourth-order valence-corrected chi connectivity index (χ4v) is 3.97. The van der Waals surface area contributed by atoms with Gasteiger partial charge in [-0.3, -0.25) is 9.48 Å². The van der Waals surface area contributed by atoms with Crippen LogP contribution in [0, 0.1) is 18.7 Å². The van der Waals surface area contributed by atoms with Crippen LogP contribution >= 0.6 is 0 Å². The van der Waals surface area contributed by atoms with Gasteiger partial charge in [-0.1, -0.05) is 0 Å². The van der Waals surface area contributed by atoms with Crippen molar-refractivity contribution in [3.05, 3.63) is 47.7 Å². The minimum Gasteiger partial charge on any atom is -0.494 e. The van der Waals surface area contributed by atoms with E-state index >= 15 is 0 Å². The van der Waals surface area contributed by atoms with Gasteiger partial charge >= 0.3 is 0 Å². The molecule has 0 spiro atoms. The molecule has 1 saturated carbocycles. The molecule has 0 aliphatic heterocycles. The second kappa shape index (κ2) is 8.39. The molecule has 0 atom stereocenters. The number of amides is 1. The molecule has 158 valence electrons. The quantitative estimate of drug-likeness (QED) is 0.664. The summed E-state index contributed by atoms with van der Waals surface area (Å²) < 4.78 is 20.9. The van der Waals surface area contributed by atoms with E-state index in [2.05, 4.69) is 10.3 Å². The van der Waals surface area contributed by atoms with Gasteiger partial charge in [-0.15, -0.1) is 0 Å². The van der Waals surface area contributed by atoms with Crippen molar-refractivity contribution in [3.8, 4) is 5.75 Å². The number of benzene rings is 1. The summed E-state index contributed by atoms with van der Waals surface area (Å²) in [6, 6.07) is 6.50. The van der Waals surface area contributed by atoms with Gasteiger partial charge in [0.1, 0.15) is 17.3 Å². The molecule has 7 nitrogen and oxygen atoms in total. The van der Waals surface area contributed by atoms with Gasteiger partial charge < -0.3 is 15.2 Å². The molecular formula is C22H25FN4O3. The number of fused-ring (bicyclic) bond motifs is 1. The molecule has 1 aliphatic rings. The predicted octanol–water partition coefficient (Wildman–Crippen LogP) is 3.86. The van der Waals surface area contributed by atoms with Crippen LogP contribution in [0.15, 0.2) is 30.5 Å². The van der Waals surface area contributed by atoms with Crippen molar-refractivity contribution in [3.63, 3.8) is 0 Å². The van der Waals surface area contributed by atoms with Crippen molar-refractivity contribution in [1.29, 1.82) is 0 Å². The number of aliphatic hydroxyl groups is 1. The zero-order chi connectivity index (χ0) is 21.3. The number of anilines is 1. The SMILES string of the molecule is COc1cc2nn(C3CCC(CO)CC3)cc2cc1NC(=O)c1ccc(F)c(C)n1. The highest BCUT2D eigenvalue weighted by Gasteiger charge is 2.23. The number of ether oxygens (including phenoxy) is 1. The zero-order valence-corrected chi connectivity index (χ0v) is 17.1. The number of nitrogens with zero attached hydrogens (tertiary/aromatic N) is 3. The molecule has 2 heterocycles. The van der Waals surface area contributed by atoms with Gasteiger partial charge in [0.15, 0.2) is 0 Å². The van der Waals surface area contributed by atoms with Gasteiger partial charge in [0.05, 0.1) is 30.0 Å².